The summed E-state index contributed by atoms with van der Waals surface area (Å²) in [5.74, 6) is -1.32. The molecule has 0 aliphatic carbocycles. The summed E-state index contributed by atoms with van der Waals surface area (Å²) < 4.78 is 0.779. The van der Waals surface area contributed by atoms with Crippen molar-refractivity contribution in [1.29, 1.82) is 0 Å². The molecule has 0 spiro atoms. The molecule has 1 atom stereocenters. The van der Waals surface area contributed by atoms with Gasteiger partial charge in [0.05, 0.1) is 12.5 Å². The fourth-order valence-electron chi connectivity index (χ4n) is 1.99. The van der Waals surface area contributed by atoms with Crippen molar-refractivity contribution >= 4 is 39.4 Å². The molecule has 2 aromatic rings. The first-order valence-corrected chi connectivity index (χ1v) is 7.66. The summed E-state index contributed by atoms with van der Waals surface area (Å²) in [5, 5.41) is 12.3. The van der Waals surface area contributed by atoms with Crippen LogP contribution in [0.3, 0.4) is 0 Å². The van der Waals surface area contributed by atoms with E-state index < -0.39 is 12.0 Å². The number of benzene rings is 2. The number of carboxylic acid groups (broad SMARTS) is 1. The number of carbonyl (C=O) groups excluding carboxylic acids is 1. The minimum atomic E-state index is -0.991. The van der Waals surface area contributed by atoms with Crippen molar-refractivity contribution in [2.75, 3.05) is 0 Å². The van der Waals surface area contributed by atoms with Crippen LogP contribution >= 0.6 is 27.5 Å². The van der Waals surface area contributed by atoms with Crippen LogP contribution in [-0.4, -0.2) is 17.0 Å². The Morgan fingerprint density at radius 1 is 1.18 bits per heavy atom. The quantitative estimate of drug-likeness (QED) is 0.820. The molecule has 2 rings (SSSR count). The van der Waals surface area contributed by atoms with Gasteiger partial charge in [-0.2, -0.15) is 0 Å². The van der Waals surface area contributed by atoms with Crippen molar-refractivity contribution in [2.45, 2.75) is 12.5 Å². The van der Waals surface area contributed by atoms with E-state index in [9.17, 15) is 9.59 Å². The lowest BCUT2D eigenvalue weighted by atomic mass is 10.0. The summed E-state index contributed by atoms with van der Waals surface area (Å²) in [5.41, 5.74) is 1.15. The lowest BCUT2D eigenvalue weighted by Crippen LogP contribution is -2.30. The van der Waals surface area contributed by atoms with Crippen LogP contribution in [0.4, 0.5) is 0 Å². The highest BCUT2D eigenvalue weighted by atomic mass is 79.9. The molecule has 0 radical (unpaired) electrons. The van der Waals surface area contributed by atoms with Gasteiger partial charge in [-0.3, -0.25) is 9.59 Å². The number of halogens is 2. The number of hydrogen-bond donors (Lipinski definition) is 2. The van der Waals surface area contributed by atoms with Crippen molar-refractivity contribution < 1.29 is 14.7 Å². The Kier molecular flexibility index (Phi) is 5.57. The second kappa shape index (κ2) is 7.42. The highest BCUT2D eigenvalue weighted by Gasteiger charge is 2.19. The summed E-state index contributed by atoms with van der Waals surface area (Å²) in [6.07, 6.45) is -0.207. The Morgan fingerprint density at radius 2 is 1.86 bits per heavy atom. The van der Waals surface area contributed by atoms with E-state index in [2.05, 4.69) is 21.2 Å². The van der Waals surface area contributed by atoms with Gasteiger partial charge in [0.2, 0.25) is 0 Å². The van der Waals surface area contributed by atoms with Gasteiger partial charge in [0.1, 0.15) is 0 Å². The van der Waals surface area contributed by atoms with Gasteiger partial charge >= 0.3 is 5.97 Å². The van der Waals surface area contributed by atoms with Crippen molar-refractivity contribution in [3.63, 3.8) is 0 Å². The van der Waals surface area contributed by atoms with Crippen LogP contribution in [0.2, 0.25) is 5.02 Å². The van der Waals surface area contributed by atoms with Crippen LogP contribution < -0.4 is 5.32 Å². The molecular formula is C16H13BrClNO3. The molecule has 4 nitrogen and oxygen atoms in total. The van der Waals surface area contributed by atoms with E-state index >= 15 is 0 Å². The number of rotatable bonds is 5. The third-order valence-electron chi connectivity index (χ3n) is 3.04. The Labute approximate surface area is 141 Å². The van der Waals surface area contributed by atoms with E-state index in [-0.39, 0.29) is 12.3 Å². The average molecular weight is 383 g/mol. The number of carbonyl (C=O) groups is 2. The lowest BCUT2D eigenvalue weighted by Gasteiger charge is -2.17. The number of aliphatic carboxylic acids is 1. The number of hydrogen-bond acceptors (Lipinski definition) is 2. The number of amides is 1. The molecule has 0 aromatic heterocycles. The van der Waals surface area contributed by atoms with E-state index in [1.807, 2.05) is 6.07 Å². The van der Waals surface area contributed by atoms with Crippen LogP contribution in [-0.2, 0) is 4.79 Å². The second-order valence-electron chi connectivity index (χ2n) is 4.69. The van der Waals surface area contributed by atoms with E-state index in [0.29, 0.717) is 16.1 Å². The molecule has 6 heteroatoms. The van der Waals surface area contributed by atoms with Crippen LogP contribution in [0.25, 0.3) is 0 Å². The zero-order chi connectivity index (χ0) is 16.1. The van der Waals surface area contributed by atoms with E-state index in [4.69, 9.17) is 16.7 Å². The van der Waals surface area contributed by atoms with Crippen LogP contribution in [0, 0.1) is 0 Å². The van der Waals surface area contributed by atoms with Gasteiger partial charge in [0.15, 0.2) is 0 Å². The fourth-order valence-corrected chi connectivity index (χ4v) is 2.52. The summed E-state index contributed by atoms with van der Waals surface area (Å²) >= 11 is 9.13. The molecule has 0 aliphatic rings. The maximum absolute atomic E-state index is 12.3. The smallest absolute Gasteiger partial charge is 0.305 e. The highest BCUT2D eigenvalue weighted by Crippen LogP contribution is 2.20. The molecule has 114 valence electrons. The topological polar surface area (TPSA) is 66.4 Å². The first kappa shape index (κ1) is 16.5. The SMILES string of the molecule is O=C(O)C[C@@H](NC(=O)c1cccc(Br)c1)c1ccc(Cl)cc1. The minimum absolute atomic E-state index is 0.207. The molecule has 0 aliphatic heterocycles. The Balaban J connectivity index is 2.21. The molecule has 0 heterocycles. The third kappa shape index (κ3) is 4.58. The number of nitrogens with one attached hydrogen (secondary N) is 1. The monoisotopic (exact) mass is 381 g/mol. The maximum Gasteiger partial charge on any atom is 0.305 e. The molecule has 2 aromatic carbocycles. The fraction of sp³-hybridized carbons (Fsp3) is 0.125. The molecule has 0 saturated carbocycles. The van der Waals surface area contributed by atoms with E-state index in [0.717, 1.165) is 4.47 Å². The molecule has 0 bridgehead atoms. The molecule has 0 unspecified atom stereocenters. The number of carboxylic acids is 1. The molecule has 22 heavy (non-hydrogen) atoms. The first-order valence-electron chi connectivity index (χ1n) is 6.49. The second-order valence-corrected chi connectivity index (χ2v) is 6.04. The van der Waals surface area contributed by atoms with Gasteiger partial charge in [0.25, 0.3) is 5.91 Å². The zero-order valence-electron chi connectivity index (χ0n) is 11.4. The summed E-state index contributed by atoms with van der Waals surface area (Å²) in [6, 6.07) is 13.0. The summed E-state index contributed by atoms with van der Waals surface area (Å²) in [6.45, 7) is 0. The van der Waals surface area contributed by atoms with Gasteiger partial charge < -0.3 is 10.4 Å². The van der Waals surface area contributed by atoms with Crippen LogP contribution in [0.5, 0.6) is 0 Å². The van der Waals surface area contributed by atoms with E-state index in [1.54, 1.807) is 42.5 Å². The normalized spacial score (nSPS) is 11.7. The van der Waals surface area contributed by atoms with Gasteiger partial charge in [0, 0.05) is 15.1 Å². The van der Waals surface area contributed by atoms with Crippen molar-refractivity contribution in [3.05, 3.63) is 69.2 Å². The zero-order valence-corrected chi connectivity index (χ0v) is 13.8. The van der Waals surface area contributed by atoms with Gasteiger partial charge in [-0.25, -0.2) is 0 Å². The van der Waals surface area contributed by atoms with Crippen molar-refractivity contribution in [2.24, 2.45) is 0 Å². The van der Waals surface area contributed by atoms with Crippen LogP contribution in [0.15, 0.2) is 53.0 Å². The average Bonchev–Trinajstić information content (AvgIpc) is 2.47. The molecule has 2 N–H and O–H groups in total. The van der Waals surface area contributed by atoms with Crippen molar-refractivity contribution in [3.8, 4) is 0 Å². The summed E-state index contributed by atoms with van der Waals surface area (Å²) in [4.78, 5) is 23.3. The van der Waals surface area contributed by atoms with Gasteiger partial charge in [-0.15, -0.1) is 0 Å². The maximum atomic E-state index is 12.3. The van der Waals surface area contributed by atoms with E-state index in [1.165, 1.54) is 0 Å². The van der Waals surface area contributed by atoms with Gasteiger partial charge in [-0.05, 0) is 35.9 Å². The van der Waals surface area contributed by atoms with Crippen molar-refractivity contribution in [1.82, 2.24) is 5.32 Å². The predicted octanol–water partition coefficient (Wildman–Crippen LogP) is 4.05. The standard InChI is InChI=1S/C16H13BrClNO3/c17-12-3-1-2-11(8-12)16(22)19-14(9-15(20)21)10-4-6-13(18)7-5-10/h1-8,14H,9H2,(H,19,22)(H,20,21)/t14-/m1/s1. The van der Waals surface area contributed by atoms with Gasteiger partial charge in [-0.1, -0.05) is 45.7 Å². The summed E-state index contributed by atoms with van der Waals surface area (Å²) in [7, 11) is 0. The Morgan fingerprint density at radius 3 is 2.45 bits per heavy atom. The predicted molar refractivity (Wildman–Crippen MR) is 88.1 cm³/mol. The Hall–Kier alpha value is -1.85. The molecular weight excluding hydrogens is 370 g/mol. The van der Waals surface area contributed by atoms with Crippen LogP contribution in [0.1, 0.15) is 28.4 Å². The Bertz CT molecular complexity index is 688. The molecule has 1 amide bonds. The largest absolute Gasteiger partial charge is 0.481 e. The minimum Gasteiger partial charge on any atom is -0.481 e. The molecule has 0 saturated heterocycles. The lowest BCUT2D eigenvalue weighted by molar-refractivity contribution is -0.137. The third-order valence-corrected chi connectivity index (χ3v) is 3.79. The molecule has 0 fully saturated rings. The highest BCUT2D eigenvalue weighted by molar-refractivity contribution is 9.10. The first-order chi connectivity index (χ1) is 10.5.